The van der Waals surface area contributed by atoms with Crippen LogP contribution in [-0.4, -0.2) is 22.9 Å². The lowest BCUT2D eigenvalue weighted by atomic mass is 9.85. The number of hydrogen-bond acceptors (Lipinski definition) is 4. The minimum Gasteiger partial charge on any atom is -0.345 e. The lowest BCUT2D eigenvalue weighted by molar-refractivity contribution is -0.386. The molecule has 6 nitrogen and oxygen atoms in total. The summed E-state index contributed by atoms with van der Waals surface area (Å²) in [5.74, 6) is 0.0775. The summed E-state index contributed by atoms with van der Waals surface area (Å²) in [5, 5.41) is 14.3. The Hall–Kier alpha value is -1.66. The molecule has 24 heavy (non-hydrogen) atoms. The molecule has 0 bridgehead atoms. The van der Waals surface area contributed by atoms with Gasteiger partial charge in [0.05, 0.1) is 10.5 Å². The largest absolute Gasteiger partial charge is 0.345 e. The SMILES string of the molecule is CC(C)(C)c1ccc(C(=O)NC(C)(CN)C2CC2)cc1[N+](=O)[O-].Cl. The van der Waals surface area contributed by atoms with Crippen molar-refractivity contribution in [2.24, 2.45) is 11.7 Å². The van der Waals surface area contributed by atoms with E-state index in [1.165, 1.54) is 6.07 Å². The van der Waals surface area contributed by atoms with Crippen molar-refractivity contribution in [1.29, 1.82) is 0 Å². The molecule has 1 saturated carbocycles. The van der Waals surface area contributed by atoms with Crippen LogP contribution in [0.3, 0.4) is 0 Å². The lowest BCUT2D eigenvalue weighted by Gasteiger charge is -2.29. The van der Waals surface area contributed by atoms with E-state index in [0.717, 1.165) is 12.8 Å². The van der Waals surface area contributed by atoms with Gasteiger partial charge in [-0.15, -0.1) is 12.4 Å². The van der Waals surface area contributed by atoms with Gasteiger partial charge in [0.15, 0.2) is 0 Å². The Labute approximate surface area is 148 Å². The molecule has 0 heterocycles. The van der Waals surface area contributed by atoms with Crippen LogP contribution in [0.5, 0.6) is 0 Å². The van der Waals surface area contributed by atoms with Gasteiger partial charge in [-0.25, -0.2) is 0 Å². The standard InChI is InChI=1S/C17H25N3O3.ClH/c1-16(2,3)13-8-5-11(9-14(13)20(22)23)15(21)19-17(4,10-18)12-6-7-12;/h5,8-9,12H,6-7,10,18H2,1-4H3,(H,19,21);1H. The summed E-state index contributed by atoms with van der Waals surface area (Å²) < 4.78 is 0. The van der Waals surface area contributed by atoms with Gasteiger partial charge in [-0.1, -0.05) is 26.8 Å². The van der Waals surface area contributed by atoms with Gasteiger partial charge in [-0.3, -0.25) is 14.9 Å². The summed E-state index contributed by atoms with van der Waals surface area (Å²) in [6, 6.07) is 4.68. The van der Waals surface area contributed by atoms with E-state index >= 15 is 0 Å². The minimum atomic E-state index is -0.450. The molecule has 0 saturated heterocycles. The van der Waals surface area contributed by atoms with E-state index in [2.05, 4.69) is 5.32 Å². The highest BCUT2D eigenvalue weighted by Gasteiger charge is 2.41. The van der Waals surface area contributed by atoms with Crippen molar-refractivity contribution in [2.45, 2.75) is 51.5 Å². The van der Waals surface area contributed by atoms with Gasteiger partial charge in [0.2, 0.25) is 0 Å². The Balaban J connectivity index is 0.00000288. The Morgan fingerprint density at radius 1 is 1.33 bits per heavy atom. The maximum Gasteiger partial charge on any atom is 0.273 e. The van der Waals surface area contributed by atoms with E-state index in [1.54, 1.807) is 12.1 Å². The van der Waals surface area contributed by atoms with E-state index in [1.807, 2.05) is 27.7 Å². The smallest absolute Gasteiger partial charge is 0.273 e. The number of nitro benzene ring substituents is 1. The number of nitro groups is 1. The number of halogens is 1. The van der Waals surface area contributed by atoms with Gasteiger partial charge in [0.25, 0.3) is 11.6 Å². The van der Waals surface area contributed by atoms with Crippen LogP contribution in [0.4, 0.5) is 5.69 Å². The zero-order valence-electron chi connectivity index (χ0n) is 14.6. The molecule has 0 aliphatic heterocycles. The van der Waals surface area contributed by atoms with Crippen LogP contribution in [-0.2, 0) is 5.41 Å². The molecule has 134 valence electrons. The molecule has 7 heteroatoms. The van der Waals surface area contributed by atoms with Gasteiger partial charge >= 0.3 is 0 Å². The van der Waals surface area contributed by atoms with Crippen LogP contribution in [0.2, 0.25) is 0 Å². The van der Waals surface area contributed by atoms with Gasteiger partial charge in [0, 0.05) is 23.7 Å². The van der Waals surface area contributed by atoms with Crippen molar-refractivity contribution in [1.82, 2.24) is 5.32 Å². The second kappa shape index (κ2) is 7.07. The molecular formula is C17H26ClN3O3. The van der Waals surface area contributed by atoms with Crippen LogP contribution < -0.4 is 11.1 Å². The third kappa shape index (κ3) is 4.24. The van der Waals surface area contributed by atoms with Gasteiger partial charge in [0.1, 0.15) is 0 Å². The normalized spacial score (nSPS) is 16.7. The van der Waals surface area contributed by atoms with Crippen molar-refractivity contribution in [3.63, 3.8) is 0 Å². The first-order chi connectivity index (χ1) is 10.6. The lowest BCUT2D eigenvalue weighted by Crippen LogP contribution is -2.53. The highest BCUT2D eigenvalue weighted by Crippen LogP contribution is 2.39. The van der Waals surface area contributed by atoms with E-state index in [4.69, 9.17) is 5.73 Å². The second-order valence-corrected chi connectivity index (χ2v) is 7.59. The molecule has 0 spiro atoms. The molecule has 1 unspecified atom stereocenters. The Morgan fingerprint density at radius 3 is 2.33 bits per heavy atom. The summed E-state index contributed by atoms with van der Waals surface area (Å²) >= 11 is 0. The third-order valence-corrected chi connectivity index (χ3v) is 4.57. The third-order valence-electron chi connectivity index (χ3n) is 4.57. The number of carbonyl (C=O) groups excluding carboxylic acids is 1. The highest BCUT2D eigenvalue weighted by molar-refractivity contribution is 5.95. The molecule has 1 aromatic carbocycles. The summed E-state index contributed by atoms with van der Waals surface area (Å²) in [4.78, 5) is 23.4. The predicted octanol–water partition coefficient (Wildman–Crippen LogP) is 3.17. The monoisotopic (exact) mass is 355 g/mol. The quantitative estimate of drug-likeness (QED) is 0.626. The molecule has 1 aliphatic carbocycles. The van der Waals surface area contributed by atoms with Crippen LogP contribution in [0.25, 0.3) is 0 Å². The van der Waals surface area contributed by atoms with Crippen LogP contribution in [0.15, 0.2) is 18.2 Å². The molecule has 0 aromatic heterocycles. The molecule has 1 aliphatic rings. The first-order valence-electron chi connectivity index (χ1n) is 7.90. The van der Waals surface area contributed by atoms with Crippen molar-refractivity contribution in [3.05, 3.63) is 39.4 Å². The number of nitrogens with zero attached hydrogens (tertiary/aromatic N) is 1. The molecule has 1 fully saturated rings. The molecule has 2 rings (SSSR count). The summed E-state index contributed by atoms with van der Waals surface area (Å²) in [5.41, 5.74) is 5.88. The topological polar surface area (TPSA) is 98.3 Å². The number of amides is 1. The highest BCUT2D eigenvalue weighted by atomic mass is 35.5. The van der Waals surface area contributed by atoms with Crippen molar-refractivity contribution >= 4 is 24.0 Å². The average Bonchev–Trinajstić information content (AvgIpc) is 3.30. The van der Waals surface area contributed by atoms with Gasteiger partial charge < -0.3 is 11.1 Å². The maximum absolute atomic E-state index is 12.5. The fourth-order valence-corrected chi connectivity index (χ4v) is 2.83. The number of benzene rings is 1. The van der Waals surface area contributed by atoms with Crippen LogP contribution >= 0.6 is 12.4 Å². The minimum absolute atomic E-state index is 0. The Kier molecular flexibility index (Phi) is 6.00. The number of nitrogens with one attached hydrogen (secondary N) is 1. The molecule has 0 radical (unpaired) electrons. The Morgan fingerprint density at radius 2 is 1.92 bits per heavy atom. The fourth-order valence-electron chi connectivity index (χ4n) is 2.83. The van der Waals surface area contributed by atoms with E-state index < -0.39 is 10.5 Å². The first-order valence-corrected chi connectivity index (χ1v) is 7.90. The average molecular weight is 356 g/mol. The molecular weight excluding hydrogens is 330 g/mol. The van der Waals surface area contributed by atoms with Crippen molar-refractivity contribution in [2.75, 3.05) is 6.54 Å². The number of hydrogen-bond donors (Lipinski definition) is 2. The maximum atomic E-state index is 12.5. The molecule has 1 aromatic rings. The van der Waals surface area contributed by atoms with Crippen LogP contribution in [0, 0.1) is 16.0 Å². The number of nitrogens with two attached hydrogens (primary N) is 1. The summed E-state index contributed by atoms with van der Waals surface area (Å²) in [6.07, 6.45) is 2.11. The summed E-state index contributed by atoms with van der Waals surface area (Å²) in [6.45, 7) is 8.01. The molecule has 1 amide bonds. The fraction of sp³-hybridized carbons (Fsp3) is 0.588. The molecule has 1 atom stereocenters. The van der Waals surface area contributed by atoms with Crippen molar-refractivity contribution in [3.8, 4) is 0 Å². The predicted molar refractivity (Wildman–Crippen MR) is 96.7 cm³/mol. The van der Waals surface area contributed by atoms with E-state index in [-0.39, 0.29) is 29.4 Å². The van der Waals surface area contributed by atoms with E-state index in [9.17, 15) is 14.9 Å². The van der Waals surface area contributed by atoms with Gasteiger partial charge in [-0.2, -0.15) is 0 Å². The van der Waals surface area contributed by atoms with E-state index in [0.29, 0.717) is 23.6 Å². The van der Waals surface area contributed by atoms with Crippen LogP contribution in [0.1, 0.15) is 56.5 Å². The number of carbonyl (C=O) groups is 1. The van der Waals surface area contributed by atoms with Gasteiger partial charge in [-0.05, 0) is 37.2 Å². The Bertz CT molecular complexity index is 638. The number of rotatable bonds is 5. The van der Waals surface area contributed by atoms with Crippen molar-refractivity contribution < 1.29 is 9.72 Å². The first kappa shape index (κ1) is 20.4. The second-order valence-electron chi connectivity index (χ2n) is 7.59. The molecule has 3 N–H and O–H groups in total. The summed E-state index contributed by atoms with van der Waals surface area (Å²) in [7, 11) is 0. The zero-order valence-corrected chi connectivity index (χ0v) is 15.4. The zero-order chi connectivity index (χ0) is 17.4.